The molecule has 0 aromatic heterocycles. The second kappa shape index (κ2) is 39.4. The number of allylic oxidation sites excluding steroid dienone is 2. The van der Waals surface area contributed by atoms with E-state index in [2.05, 4.69) is 26.0 Å². The predicted molar refractivity (Wildman–Crippen MR) is 215 cm³/mol. The Morgan fingerprint density at radius 2 is 0.942 bits per heavy atom. The third-order valence-electron chi connectivity index (χ3n) is 9.40. The number of hydrogen-bond donors (Lipinski definition) is 2. The van der Waals surface area contributed by atoms with E-state index in [1.54, 1.807) is 0 Å². The van der Waals surface area contributed by atoms with E-state index in [4.69, 9.17) is 24.3 Å². The van der Waals surface area contributed by atoms with Crippen LogP contribution < -0.4 is 5.73 Å². The van der Waals surface area contributed by atoms with Crippen LogP contribution in [0.25, 0.3) is 0 Å². The van der Waals surface area contributed by atoms with Gasteiger partial charge in [-0.1, -0.05) is 174 Å². The normalized spacial score (nSPS) is 13.4. The lowest BCUT2D eigenvalue weighted by Gasteiger charge is -2.19. The van der Waals surface area contributed by atoms with Gasteiger partial charge in [-0.2, -0.15) is 0 Å². The lowest BCUT2D eigenvalue weighted by Crippen LogP contribution is -2.29. The standard InChI is InChI=1S/C42H82NO8P/c1-3-5-7-9-11-13-15-17-18-19-20-21-22-23-25-27-29-31-33-35-42(45)51-40(39-50-52(46,47)49-37-36-43)38-48-41(44)34-32-30-28-26-24-16-14-12-10-8-6-4-2/h17-18,40H,3-16,19-39,43H2,1-2H3,(H,46,47). The van der Waals surface area contributed by atoms with E-state index < -0.39 is 26.5 Å². The second-order valence-electron chi connectivity index (χ2n) is 14.6. The van der Waals surface area contributed by atoms with Crippen molar-refractivity contribution in [2.45, 2.75) is 219 Å². The maximum absolute atomic E-state index is 12.6. The first-order valence-electron chi connectivity index (χ1n) is 21.7. The molecule has 0 saturated heterocycles. The molecule has 0 aromatic carbocycles. The van der Waals surface area contributed by atoms with Crippen LogP contribution in [0.4, 0.5) is 0 Å². The van der Waals surface area contributed by atoms with Crippen LogP contribution in [-0.4, -0.2) is 49.3 Å². The number of hydrogen-bond acceptors (Lipinski definition) is 8. The SMILES string of the molecule is CCCCCCCCC=CCCCCCCCCCCCC(=O)OC(COC(=O)CCCCCCCCCCCCCC)COP(=O)(O)OCCN. The lowest BCUT2D eigenvalue weighted by molar-refractivity contribution is -0.161. The molecule has 0 rings (SSSR count). The maximum atomic E-state index is 12.6. The Kier molecular flexibility index (Phi) is 38.5. The first-order chi connectivity index (χ1) is 25.3. The number of unbranched alkanes of at least 4 members (excludes halogenated alkanes) is 26. The highest BCUT2D eigenvalue weighted by Crippen LogP contribution is 2.43. The van der Waals surface area contributed by atoms with Crippen molar-refractivity contribution in [1.82, 2.24) is 0 Å². The van der Waals surface area contributed by atoms with E-state index >= 15 is 0 Å². The molecule has 0 aliphatic carbocycles. The van der Waals surface area contributed by atoms with E-state index in [0.29, 0.717) is 6.42 Å². The molecule has 0 spiro atoms. The summed E-state index contributed by atoms with van der Waals surface area (Å²) in [5.74, 6) is -0.822. The van der Waals surface area contributed by atoms with Gasteiger partial charge in [-0.25, -0.2) is 4.57 Å². The van der Waals surface area contributed by atoms with Crippen molar-refractivity contribution in [3.05, 3.63) is 12.2 Å². The molecule has 2 atom stereocenters. The van der Waals surface area contributed by atoms with Crippen LogP contribution in [-0.2, 0) is 32.7 Å². The summed E-state index contributed by atoms with van der Waals surface area (Å²) in [6.07, 6.45) is 39.5. The maximum Gasteiger partial charge on any atom is 0.472 e. The summed E-state index contributed by atoms with van der Waals surface area (Å²) in [4.78, 5) is 34.8. The van der Waals surface area contributed by atoms with Crippen LogP contribution >= 0.6 is 7.82 Å². The zero-order valence-electron chi connectivity index (χ0n) is 33.8. The van der Waals surface area contributed by atoms with Gasteiger partial charge in [0.1, 0.15) is 6.61 Å². The van der Waals surface area contributed by atoms with Gasteiger partial charge in [-0.05, 0) is 38.5 Å². The van der Waals surface area contributed by atoms with Crippen LogP contribution in [0, 0.1) is 0 Å². The Labute approximate surface area is 319 Å². The third-order valence-corrected chi connectivity index (χ3v) is 10.4. The molecular weight excluding hydrogens is 677 g/mol. The molecule has 0 fully saturated rings. The predicted octanol–water partition coefficient (Wildman–Crippen LogP) is 12.2. The summed E-state index contributed by atoms with van der Waals surface area (Å²) in [6.45, 7) is 3.74. The third kappa shape index (κ3) is 38.5. The number of esters is 2. The number of carbonyl (C=O) groups is 2. The molecule has 0 saturated carbocycles. The minimum absolute atomic E-state index is 0.0559. The van der Waals surface area contributed by atoms with Crippen molar-refractivity contribution in [2.75, 3.05) is 26.4 Å². The Hall–Kier alpha value is -1.25. The van der Waals surface area contributed by atoms with Crippen molar-refractivity contribution in [3.8, 4) is 0 Å². The van der Waals surface area contributed by atoms with E-state index in [9.17, 15) is 19.0 Å². The molecule has 0 bridgehead atoms. The Morgan fingerprint density at radius 3 is 1.37 bits per heavy atom. The van der Waals surface area contributed by atoms with Crippen molar-refractivity contribution in [3.63, 3.8) is 0 Å². The lowest BCUT2D eigenvalue weighted by atomic mass is 10.0. The highest BCUT2D eigenvalue weighted by molar-refractivity contribution is 7.47. The highest BCUT2D eigenvalue weighted by atomic mass is 31.2. The number of phosphoric acid groups is 1. The molecule has 2 unspecified atom stereocenters. The molecule has 0 heterocycles. The molecule has 9 nitrogen and oxygen atoms in total. The van der Waals surface area contributed by atoms with Crippen molar-refractivity contribution in [1.29, 1.82) is 0 Å². The molecule has 10 heteroatoms. The number of rotatable bonds is 41. The summed E-state index contributed by atoms with van der Waals surface area (Å²) in [7, 11) is -4.37. The smallest absolute Gasteiger partial charge is 0.462 e. The van der Waals surface area contributed by atoms with Crippen molar-refractivity contribution in [2.24, 2.45) is 5.73 Å². The van der Waals surface area contributed by atoms with Gasteiger partial charge in [0.2, 0.25) is 0 Å². The quantitative estimate of drug-likeness (QED) is 0.0270. The van der Waals surface area contributed by atoms with Crippen LogP contribution in [0.3, 0.4) is 0 Å². The van der Waals surface area contributed by atoms with Crippen LogP contribution in [0.15, 0.2) is 12.2 Å². The van der Waals surface area contributed by atoms with Crippen LogP contribution in [0.2, 0.25) is 0 Å². The molecule has 52 heavy (non-hydrogen) atoms. The van der Waals surface area contributed by atoms with Crippen LogP contribution in [0.5, 0.6) is 0 Å². The fraction of sp³-hybridized carbons (Fsp3) is 0.905. The van der Waals surface area contributed by atoms with E-state index in [-0.39, 0.29) is 38.6 Å². The topological polar surface area (TPSA) is 134 Å². The first kappa shape index (κ1) is 50.8. The zero-order valence-corrected chi connectivity index (χ0v) is 34.7. The Bertz CT molecular complexity index is 871. The molecule has 0 aromatic rings. The van der Waals surface area contributed by atoms with Gasteiger partial charge < -0.3 is 20.1 Å². The van der Waals surface area contributed by atoms with Crippen molar-refractivity contribution < 1.29 is 37.6 Å². The summed E-state index contributed by atoms with van der Waals surface area (Å²) in [6, 6.07) is 0. The highest BCUT2D eigenvalue weighted by Gasteiger charge is 2.26. The summed E-state index contributed by atoms with van der Waals surface area (Å²) in [5, 5.41) is 0. The number of carbonyl (C=O) groups excluding carboxylic acids is 2. The van der Waals surface area contributed by atoms with E-state index in [1.807, 2.05) is 0 Å². The molecule has 3 N–H and O–H groups in total. The first-order valence-corrected chi connectivity index (χ1v) is 23.2. The van der Waals surface area contributed by atoms with Crippen LogP contribution in [0.1, 0.15) is 213 Å². The second-order valence-corrected chi connectivity index (χ2v) is 16.0. The molecule has 0 radical (unpaired) electrons. The average molecular weight is 760 g/mol. The van der Waals surface area contributed by atoms with Gasteiger partial charge in [0.25, 0.3) is 0 Å². The molecule has 0 aliphatic rings. The Balaban J connectivity index is 4.10. The minimum atomic E-state index is -4.37. The monoisotopic (exact) mass is 760 g/mol. The molecular formula is C42H82NO8P. The van der Waals surface area contributed by atoms with Gasteiger partial charge in [0.15, 0.2) is 6.10 Å². The number of ether oxygens (including phenoxy) is 2. The van der Waals surface area contributed by atoms with E-state index in [1.165, 1.54) is 141 Å². The van der Waals surface area contributed by atoms with Gasteiger partial charge >= 0.3 is 19.8 Å². The van der Waals surface area contributed by atoms with Gasteiger partial charge in [-0.15, -0.1) is 0 Å². The number of nitrogens with two attached hydrogens (primary N) is 1. The van der Waals surface area contributed by atoms with Gasteiger partial charge in [0.05, 0.1) is 13.2 Å². The molecule has 0 amide bonds. The fourth-order valence-corrected chi connectivity index (χ4v) is 6.92. The summed E-state index contributed by atoms with van der Waals surface area (Å²) in [5.41, 5.74) is 5.34. The average Bonchev–Trinajstić information content (AvgIpc) is 3.13. The largest absolute Gasteiger partial charge is 0.472 e. The fourth-order valence-electron chi connectivity index (χ4n) is 6.16. The van der Waals surface area contributed by atoms with E-state index in [0.717, 1.165) is 38.5 Å². The molecule has 308 valence electrons. The zero-order chi connectivity index (χ0) is 38.2. The van der Waals surface area contributed by atoms with Crippen molar-refractivity contribution >= 4 is 19.8 Å². The summed E-state index contributed by atoms with van der Waals surface area (Å²) >= 11 is 0. The number of phosphoric ester groups is 1. The minimum Gasteiger partial charge on any atom is -0.462 e. The summed E-state index contributed by atoms with van der Waals surface area (Å²) < 4.78 is 32.7. The Morgan fingerprint density at radius 1 is 0.558 bits per heavy atom. The molecule has 0 aliphatic heterocycles. The van der Waals surface area contributed by atoms with Gasteiger partial charge in [0, 0.05) is 19.4 Å². The van der Waals surface area contributed by atoms with Gasteiger partial charge in [-0.3, -0.25) is 18.6 Å².